The molecular formula is C15H18N4O2. The van der Waals surface area contributed by atoms with Crippen LogP contribution in [0.25, 0.3) is 0 Å². The number of likely N-dealkylation sites (N-methyl/N-ethyl adjacent to an activating group) is 1. The van der Waals surface area contributed by atoms with Gasteiger partial charge < -0.3 is 10.2 Å². The lowest BCUT2D eigenvalue weighted by Crippen LogP contribution is -2.50. The zero-order valence-electron chi connectivity index (χ0n) is 12.0. The fourth-order valence-corrected chi connectivity index (χ4v) is 2.30. The van der Waals surface area contributed by atoms with Crippen LogP contribution >= 0.6 is 0 Å². The van der Waals surface area contributed by atoms with Gasteiger partial charge in [0.2, 0.25) is 5.91 Å². The average molecular weight is 286 g/mol. The lowest BCUT2D eigenvalue weighted by molar-refractivity contribution is -0.122. The number of hydrogen-bond acceptors (Lipinski definition) is 4. The molecule has 0 radical (unpaired) electrons. The van der Waals surface area contributed by atoms with Gasteiger partial charge in [0.25, 0.3) is 5.91 Å². The van der Waals surface area contributed by atoms with E-state index in [0.717, 1.165) is 0 Å². The fraction of sp³-hybridized carbons (Fsp3) is 0.400. The Morgan fingerprint density at radius 3 is 2.62 bits per heavy atom. The molecule has 6 heteroatoms. The number of rotatable bonds is 3. The minimum atomic E-state index is -0.0632. The number of nitriles is 1. The van der Waals surface area contributed by atoms with E-state index in [4.69, 9.17) is 5.26 Å². The van der Waals surface area contributed by atoms with Crippen molar-refractivity contribution in [3.8, 4) is 6.07 Å². The second-order valence-corrected chi connectivity index (χ2v) is 4.93. The number of amides is 2. The summed E-state index contributed by atoms with van der Waals surface area (Å²) in [4.78, 5) is 27.5. The van der Waals surface area contributed by atoms with Gasteiger partial charge in [0, 0.05) is 38.8 Å². The maximum absolute atomic E-state index is 12.4. The molecule has 0 unspecified atom stereocenters. The van der Waals surface area contributed by atoms with Gasteiger partial charge in [0.15, 0.2) is 0 Å². The normalized spacial score (nSPS) is 15.3. The number of carbonyl (C=O) groups is 2. The van der Waals surface area contributed by atoms with Crippen LogP contribution in [-0.4, -0.2) is 61.4 Å². The number of nitrogens with one attached hydrogen (secondary N) is 1. The van der Waals surface area contributed by atoms with Gasteiger partial charge in [-0.05, 0) is 18.2 Å². The topological polar surface area (TPSA) is 76.4 Å². The van der Waals surface area contributed by atoms with E-state index in [-0.39, 0.29) is 11.8 Å². The Labute approximate surface area is 123 Å². The van der Waals surface area contributed by atoms with Crippen molar-refractivity contribution in [2.24, 2.45) is 0 Å². The third kappa shape index (κ3) is 3.80. The minimum Gasteiger partial charge on any atom is -0.358 e. The highest BCUT2D eigenvalue weighted by atomic mass is 16.2. The zero-order chi connectivity index (χ0) is 15.2. The van der Waals surface area contributed by atoms with Gasteiger partial charge in [-0.3, -0.25) is 14.5 Å². The molecule has 1 aliphatic heterocycles. The van der Waals surface area contributed by atoms with Crippen molar-refractivity contribution in [2.45, 2.75) is 0 Å². The third-order valence-corrected chi connectivity index (χ3v) is 3.54. The molecule has 2 amide bonds. The van der Waals surface area contributed by atoms with E-state index < -0.39 is 0 Å². The van der Waals surface area contributed by atoms with E-state index in [2.05, 4.69) is 5.32 Å². The number of nitrogens with zero attached hydrogens (tertiary/aromatic N) is 3. The molecule has 0 aromatic heterocycles. The molecule has 2 rings (SSSR count). The summed E-state index contributed by atoms with van der Waals surface area (Å²) in [6.45, 7) is 2.90. The van der Waals surface area contributed by atoms with Crippen molar-refractivity contribution in [1.82, 2.24) is 15.1 Å². The van der Waals surface area contributed by atoms with Crippen LogP contribution in [0.5, 0.6) is 0 Å². The molecule has 1 aromatic rings. The van der Waals surface area contributed by atoms with Crippen molar-refractivity contribution in [3.05, 3.63) is 35.4 Å². The molecule has 1 heterocycles. The third-order valence-electron chi connectivity index (χ3n) is 3.54. The van der Waals surface area contributed by atoms with E-state index in [0.29, 0.717) is 43.9 Å². The standard InChI is InChI=1S/C15H18N4O2/c1-17-14(20)11-18-5-7-19(8-6-18)15(21)13-4-2-3-12(9-13)10-16/h2-4,9H,5-8,11H2,1H3,(H,17,20). The van der Waals surface area contributed by atoms with Gasteiger partial charge in [-0.1, -0.05) is 6.07 Å². The molecular weight excluding hydrogens is 268 g/mol. The SMILES string of the molecule is CNC(=O)CN1CCN(C(=O)c2cccc(C#N)c2)CC1. The molecule has 21 heavy (non-hydrogen) atoms. The summed E-state index contributed by atoms with van der Waals surface area (Å²) in [5, 5.41) is 11.5. The Kier molecular flexibility index (Phi) is 4.90. The van der Waals surface area contributed by atoms with Gasteiger partial charge in [-0.2, -0.15) is 5.26 Å². The highest BCUT2D eigenvalue weighted by Crippen LogP contribution is 2.10. The molecule has 110 valence electrons. The van der Waals surface area contributed by atoms with Crippen LogP contribution < -0.4 is 5.32 Å². The van der Waals surface area contributed by atoms with Crippen LogP contribution in [-0.2, 0) is 4.79 Å². The summed E-state index contributed by atoms with van der Waals surface area (Å²) in [5.74, 6) is -0.0804. The Morgan fingerprint density at radius 2 is 2.00 bits per heavy atom. The fourth-order valence-electron chi connectivity index (χ4n) is 2.30. The number of piperazine rings is 1. The predicted octanol–water partition coefficient (Wildman–Crippen LogP) is 0.0621. The molecule has 1 fully saturated rings. The van der Waals surface area contributed by atoms with Crippen molar-refractivity contribution in [3.63, 3.8) is 0 Å². The van der Waals surface area contributed by atoms with Crippen molar-refractivity contribution < 1.29 is 9.59 Å². The predicted molar refractivity (Wildman–Crippen MR) is 77.6 cm³/mol. The van der Waals surface area contributed by atoms with Crippen LogP contribution in [0, 0.1) is 11.3 Å². The first-order valence-electron chi connectivity index (χ1n) is 6.86. The van der Waals surface area contributed by atoms with Gasteiger partial charge >= 0.3 is 0 Å². The number of hydrogen-bond donors (Lipinski definition) is 1. The van der Waals surface area contributed by atoms with Crippen LogP contribution in [0.3, 0.4) is 0 Å². The Bertz CT molecular complexity index is 571. The summed E-state index contributed by atoms with van der Waals surface area (Å²) in [7, 11) is 1.62. The summed E-state index contributed by atoms with van der Waals surface area (Å²) in [5.41, 5.74) is 1.02. The Morgan fingerprint density at radius 1 is 1.29 bits per heavy atom. The second-order valence-electron chi connectivity index (χ2n) is 4.93. The zero-order valence-corrected chi connectivity index (χ0v) is 12.0. The lowest BCUT2D eigenvalue weighted by atomic mass is 10.1. The summed E-state index contributed by atoms with van der Waals surface area (Å²) < 4.78 is 0. The van der Waals surface area contributed by atoms with E-state index >= 15 is 0 Å². The molecule has 0 aliphatic carbocycles. The molecule has 1 aromatic carbocycles. The minimum absolute atomic E-state index is 0.0171. The first-order valence-corrected chi connectivity index (χ1v) is 6.86. The van der Waals surface area contributed by atoms with Crippen LogP contribution in [0.15, 0.2) is 24.3 Å². The van der Waals surface area contributed by atoms with E-state index in [1.54, 1.807) is 36.2 Å². The summed E-state index contributed by atoms with van der Waals surface area (Å²) in [6, 6.07) is 8.76. The van der Waals surface area contributed by atoms with Crippen LogP contribution in [0.4, 0.5) is 0 Å². The van der Waals surface area contributed by atoms with Crippen LogP contribution in [0.2, 0.25) is 0 Å². The average Bonchev–Trinajstić information content (AvgIpc) is 2.54. The molecule has 1 N–H and O–H groups in total. The van der Waals surface area contributed by atoms with Crippen molar-refractivity contribution in [2.75, 3.05) is 39.8 Å². The van der Waals surface area contributed by atoms with E-state index in [1.165, 1.54) is 0 Å². The van der Waals surface area contributed by atoms with Crippen molar-refractivity contribution in [1.29, 1.82) is 5.26 Å². The first kappa shape index (κ1) is 15.0. The molecule has 0 spiro atoms. The Hall–Kier alpha value is -2.39. The second kappa shape index (κ2) is 6.86. The molecule has 6 nitrogen and oxygen atoms in total. The molecule has 1 saturated heterocycles. The molecule has 0 bridgehead atoms. The van der Waals surface area contributed by atoms with Gasteiger partial charge in [0.05, 0.1) is 18.2 Å². The largest absolute Gasteiger partial charge is 0.358 e. The molecule has 1 aliphatic rings. The smallest absolute Gasteiger partial charge is 0.253 e. The maximum atomic E-state index is 12.4. The number of benzene rings is 1. The highest BCUT2D eigenvalue weighted by molar-refractivity contribution is 5.94. The quantitative estimate of drug-likeness (QED) is 0.852. The summed E-state index contributed by atoms with van der Waals surface area (Å²) >= 11 is 0. The maximum Gasteiger partial charge on any atom is 0.253 e. The van der Waals surface area contributed by atoms with Crippen LogP contribution in [0.1, 0.15) is 15.9 Å². The first-order chi connectivity index (χ1) is 10.1. The highest BCUT2D eigenvalue weighted by Gasteiger charge is 2.23. The van der Waals surface area contributed by atoms with Gasteiger partial charge in [0.1, 0.15) is 0 Å². The molecule has 0 atom stereocenters. The summed E-state index contributed by atoms with van der Waals surface area (Å²) in [6.07, 6.45) is 0. The van der Waals surface area contributed by atoms with Gasteiger partial charge in [-0.15, -0.1) is 0 Å². The Balaban J connectivity index is 1.94. The lowest BCUT2D eigenvalue weighted by Gasteiger charge is -2.34. The molecule has 0 saturated carbocycles. The monoisotopic (exact) mass is 286 g/mol. The van der Waals surface area contributed by atoms with Gasteiger partial charge in [-0.25, -0.2) is 0 Å². The number of carbonyl (C=O) groups excluding carboxylic acids is 2. The van der Waals surface area contributed by atoms with E-state index in [1.807, 2.05) is 11.0 Å². The van der Waals surface area contributed by atoms with E-state index in [9.17, 15) is 9.59 Å². The van der Waals surface area contributed by atoms with Crippen molar-refractivity contribution >= 4 is 11.8 Å².